The Morgan fingerprint density at radius 3 is 2.10 bits per heavy atom. The molecule has 0 spiro atoms. The molecule has 2 rings (SSSR count). The predicted octanol–water partition coefficient (Wildman–Crippen LogP) is 4.07. The summed E-state index contributed by atoms with van der Waals surface area (Å²) >= 11 is 1.74. The minimum absolute atomic E-state index is 0.215. The highest BCUT2D eigenvalue weighted by atomic mass is 32.2. The molecule has 0 saturated carbocycles. The summed E-state index contributed by atoms with van der Waals surface area (Å²) in [7, 11) is 4.06. The van der Waals surface area contributed by atoms with E-state index >= 15 is 0 Å². The van der Waals surface area contributed by atoms with Crippen molar-refractivity contribution in [2.45, 2.75) is 22.8 Å². The lowest BCUT2D eigenvalue weighted by molar-refractivity contribution is 0.100. The lowest BCUT2D eigenvalue weighted by atomic mass is 9.97. The van der Waals surface area contributed by atoms with Gasteiger partial charge in [-0.1, -0.05) is 49.0 Å². The Balaban J connectivity index is 2.01. The van der Waals surface area contributed by atoms with Crippen LogP contribution in [-0.4, -0.2) is 30.6 Å². The van der Waals surface area contributed by atoms with Gasteiger partial charge in [0.05, 0.1) is 6.10 Å². The normalized spacial score (nSPS) is 14.1. The van der Waals surface area contributed by atoms with Crippen LogP contribution in [0.15, 0.2) is 64.4 Å². The monoisotopic (exact) mass is 301 g/mol. The molecule has 0 saturated heterocycles. The van der Waals surface area contributed by atoms with E-state index in [1.165, 1.54) is 9.79 Å². The van der Waals surface area contributed by atoms with Gasteiger partial charge in [0.15, 0.2) is 0 Å². The van der Waals surface area contributed by atoms with Crippen LogP contribution in [-0.2, 0) is 0 Å². The van der Waals surface area contributed by atoms with Crippen LogP contribution in [0.5, 0.6) is 0 Å². The molecule has 3 heteroatoms. The van der Waals surface area contributed by atoms with E-state index in [1.807, 2.05) is 44.4 Å². The van der Waals surface area contributed by atoms with Gasteiger partial charge >= 0.3 is 0 Å². The predicted molar refractivity (Wildman–Crippen MR) is 89.7 cm³/mol. The fraction of sp³-hybridized carbons (Fsp3) is 0.333. The lowest BCUT2D eigenvalue weighted by Crippen LogP contribution is -2.24. The van der Waals surface area contributed by atoms with E-state index in [0.717, 1.165) is 12.1 Å². The lowest BCUT2D eigenvalue weighted by Gasteiger charge is -2.22. The van der Waals surface area contributed by atoms with Crippen LogP contribution >= 0.6 is 11.8 Å². The molecule has 21 heavy (non-hydrogen) atoms. The zero-order chi connectivity index (χ0) is 15.2. The number of nitrogens with zero attached hydrogens (tertiary/aromatic N) is 1. The fourth-order valence-corrected chi connectivity index (χ4v) is 3.20. The molecule has 0 fully saturated rings. The molecule has 0 aliphatic carbocycles. The van der Waals surface area contributed by atoms with Crippen molar-refractivity contribution < 1.29 is 5.11 Å². The van der Waals surface area contributed by atoms with E-state index in [-0.39, 0.29) is 5.92 Å². The summed E-state index contributed by atoms with van der Waals surface area (Å²) in [5, 5.41) is 10.4. The first kappa shape index (κ1) is 16.1. The van der Waals surface area contributed by atoms with E-state index in [1.54, 1.807) is 11.8 Å². The van der Waals surface area contributed by atoms with Crippen LogP contribution in [0.4, 0.5) is 0 Å². The third kappa shape index (κ3) is 4.88. The third-order valence-electron chi connectivity index (χ3n) is 3.39. The van der Waals surface area contributed by atoms with E-state index in [4.69, 9.17) is 0 Å². The molecule has 2 aromatic rings. The van der Waals surface area contributed by atoms with E-state index in [9.17, 15) is 5.11 Å². The van der Waals surface area contributed by atoms with E-state index in [0.29, 0.717) is 0 Å². The fourth-order valence-electron chi connectivity index (χ4n) is 2.36. The standard InChI is InChI=1S/C18H23NOS/c1-14(13-19(2)3)18(20)15-9-11-17(12-10-15)21-16-7-5-4-6-8-16/h4-12,14,18,20H,13H2,1-3H3. The van der Waals surface area contributed by atoms with Gasteiger partial charge in [0.1, 0.15) is 0 Å². The van der Waals surface area contributed by atoms with Gasteiger partial charge in [0.2, 0.25) is 0 Å². The second-order valence-electron chi connectivity index (χ2n) is 5.67. The quantitative estimate of drug-likeness (QED) is 0.870. The third-order valence-corrected chi connectivity index (χ3v) is 4.41. The topological polar surface area (TPSA) is 23.5 Å². The molecule has 0 amide bonds. The number of benzene rings is 2. The Morgan fingerprint density at radius 1 is 0.952 bits per heavy atom. The molecule has 2 unspecified atom stereocenters. The molecular formula is C18H23NOS. The van der Waals surface area contributed by atoms with Gasteiger partial charge in [-0.15, -0.1) is 0 Å². The van der Waals surface area contributed by atoms with Crippen LogP contribution < -0.4 is 0 Å². The number of aliphatic hydroxyl groups is 1. The second kappa shape index (κ2) is 7.64. The Hall–Kier alpha value is -1.29. The molecule has 0 bridgehead atoms. The largest absolute Gasteiger partial charge is 0.388 e. The first-order valence-corrected chi connectivity index (χ1v) is 8.03. The highest BCUT2D eigenvalue weighted by molar-refractivity contribution is 7.99. The summed E-state index contributed by atoms with van der Waals surface area (Å²) in [6.07, 6.45) is -0.414. The highest BCUT2D eigenvalue weighted by Gasteiger charge is 2.16. The summed E-state index contributed by atoms with van der Waals surface area (Å²) in [5.74, 6) is 0.215. The maximum Gasteiger partial charge on any atom is 0.0827 e. The van der Waals surface area contributed by atoms with Gasteiger partial charge in [0.25, 0.3) is 0 Å². The number of aliphatic hydroxyl groups excluding tert-OH is 1. The van der Waals surface area contributed by atoms with Crippen molar-refractivity contribution in [2.24, 2.45) is 5.92 Å². The summed E-state index contributed by atoms with van der Waals surface area (Å²) in [5.41, 5.74) is 0.988. The maximum absolute atomic E-state index is 10.4. The smallest absolute Gasteiger partial charge is 0.0827 e. The molecule has 0 aliphatic rings. The molecule has 2 nitrogen and oxygen atoms in total. The highest BCUT2D eigenvalue weighted by Crippen LogP contribution is 2.29. The summed E-state index contributed by atoms with van der Waals surface area (Å²) < 4.78 is 0. The SMILES string of the molecule is CC(CN(C)C)C(O)c1ccc(Sc2ccccc2)cc1. The van der Waals surface area contributed by atoms with Gasteiger partial charge in [-0.3, -0.25) is 0 Å². The van der Waals surface area contributed by atoms with Gasteiger partial charge in [-0.2, -0.15) is 0 Å². The summed E-state index contributed by atoms with van der Waals surface area (Å²) in [6.45, 7) is 2.96. The molecule has 2 aromatic carbocycles. The first-order chi connectivity index (χ1) is 10.1. The zero-order valence-corrected chi connectivity index (χ0v) is 13.7. The zero-order valence-electron chi connectivity index (χ0n) is 12.9. The molecule has 0 aromatic heterocycles. The Morgan fingerprint density at radius 2 is 1.52 bits per heavy atom. The van der Waals surface area contributed by atoms with Crippen LogP contribution in [0.25, 0.3) is 0 Å². The molecule has 112 valence electrons. The number of hydrogen-bond donors (Lipinski definition) is 1. The van der Waals surface area contributed by atoms with Crippen molar-refractivity contribution in [2.75, 3.05) is 20.6 Å². The average Bonchev–Trinajstić information content (AvgIpc) is 2.47. The number of hydrogen-bond acceptors (Lipinski definition) is 3. The minimum Gasteiger partial charge on any atom is -0.388 e. The van der Waals surface area contributed by atoms with Crippen LogP contribution in [0, 0.1) is 5.92 Å². The van der Waals surface area contributed by atoms with Crippen molar-refractivity contribution in [1.29, 1.82) is 0 Å². The van der Waals surface area contributed by atoms with Crippen molar-refractivity contribution >= 4 is 11.8 Å². The molecule has 2 atom stereocenters. The molecular weight excluding hydrogens is 278 g/mol. The van der Waals surface area contributed by atoms with Crippen LogP contribution in [0.1, 0.15) is 18.6 Å². The Labute approximate surface area is 131 Å². The Bertz CT molecular complexity index is 539. The van der Waals surface area contributed by atoms with Gasteiger partial charge in [-0.05, 0) is 49.8 Å². The molecule has 1 N–H and O–H groups in total. The molecule has 0 aliphatic heterocycles. The molecule has 0 heterocycles. The Kier molecular flexibility index (Phi) is 5.85. The molecule has 0 radical (unpaired) electrons. The van der Waals surface area contributed by atoms with Crippen molar-refractivity contribution in [3.05, 3.63) is 60.2 Å². The van der Waals surface area contributed by atoms with Gasteiger partial charge < -0.3 is 10.0 Å². The van der Waals surface area contributed by atoms with Crippen LogP contribution in [0.2, 0.25) is 0 Å². The van der Waals surface area contributed by atoms with Crippen LogP contribution in [0.3, 0.4) is 0 Å². The second-order valence-corrected chi connectivity index (χ2v) is 6.82. The average molecular weight is 301 g/mol. The van der Waals surface area contributed by atoms with Crippen molar-refractivity contribution in [1.82, 2.24) is 4.90 Å². The van der Waals surface area contributed by atoms with Crippen molar-refractivity contribution in [3.63, 3.8) is 0 Å². The maximum atomic E-state index is 10.4. The van der Waals surface area contributed by atoms with Gasteiger partial charge in [-0.25, -0.2) is 0 Å². The first-order valence-electron chi connectivity index (χ1n) is 7.22. The van der Waals surface area contributed by atoms with E-state index in [2.05, 4.69) is 36.1 Å². The van der Waals surface area contributed by atoms with E-state index < -0.39 is 6.10 Å². The minimum atomic E-state index is -0.414. The van der Waals surface area contributed by atoms with Crippen molar-refractivity contribution in [3.8, 4) is 0 Å². The van der Waals surface area contributed by atoms with Gasteiger partial charge in [0, 0.05) is 16.3 Å². The summed E-state index contributed by atoms with van der Waals surface area (Å²) in [6, 6.07) is 18.5. The number of rotatable bonds is 6. The summed E-state index contributed by atoms with van der Waals surface area (Å²) in [4.78, 5) is 4.53.